The van der Waals surface area contributed by atoms with Crippen molar-refractivity contribution in [2.24, 2.45) is 29.1 Å². The van der Waals surface area contributed by atoms with Gasteiger partial charge in [-0.05, 0) is 86.5 Å². The van der Waals surface area contributed by atoms with E-state index in [0.29, 0.717) is 30.3 Å². The standard InChI is InChI=1S/C28H44O3/c1-18(9-10-19(2)27(4,5)31)24-13-14-25-21(8-7-15-28(24,25)6)11-12-22-16-23(29)17-26(30)20(22)3/h9-12,18-19,23-26,29-31H,3,7-8,13-17H2,1-2,4-6H3/b10-9+,21-11+,22-12-/t18-,19+,23-,24?,25?,26+,28-/m1/s1/i4D3,5D3. The van der Waals surface area contributed by atoms with Crippen LogP contribution >= 0.6 is 0 Å². The molecule has 3 fully saturated rings. The molecule has 0 amide bonds. The maximum atomic E-state index is 10.8. The molecule has 0 aromatic carbocycles. The lowest BCUT2D eigenvalue weighted by Crippen LogP contribution is -2.35. The van der Waals surface area contributed by atoms with Gasteiger partial charge in [0.05, 0.1) is 17.8 Å². The fourth-order valence-corrected chi connectivity index (χ4v) is 6.22. The van der Waals surface area contributed by atoms with Crippen molar-refractivity contribution in [2.45, 2.75) is 97.2 Å². The molecule has 0 radical (unpaired) electrons. The van der Waals surface area contributed by atoms with Gasteiger partial charge < -0.3 is 15.3 Å². The largest absolute Gasteiger partial charge is 0.393 e. The Balaban J connectivity index is 1.79. The van der Waals surface area contributed by atoms with Crippen LogP contribution in [0.25, 0.3) is 0 Å². The topological polar surface area (TPSA) is 60.7 Å². The van der Waals surface area contributed by atoms with Crippen LogP contribution in [0.3, 0.4) is 0 Å². The quantitative estimate of drug-likeness (QED) is 0.485. The average Bonchev–Trinajstić information content (AvgIpc) is 3.14. The number of hydrogen-bond donors (Lipinski definition) is 3. The molecule has 0 bridgehead atoms. The van der Waals surface area contributed by atoms with Crippen molar-refractivity contribution in [1.29, 1.82) is 0 Å². The molecule has 7 atom stereocenters. The van der Waals surface area contributed by atoms with Crippen molar-refractivity contribution >= 4 is 0 Å². The molecule has 0 heterocycles. The Hall–Kier alpha value is -1.16. The second-order valence-corrected chi connectivity index (χ2v) is 10.5. The predicted molar refractivity (Wildman–Crippen MR) is 128 cm³/mol. The molecule has 174 valence electrons. The maximum absolute atomic E-state index is 10.8. The molecule has 3 aliphatic rings. The van der Waals surface area contributed by atoms with Crippen molar-refractivity contribution in [3.63, 3.8) is 0 Å². The molecular formula is C28H44O3. The molecule has 0 saturated heterocycles. The highest BCUT2D eigenvalue weighted by Crippen LogP contribution is 2.59. The van der Waals surface area contributed by atoms with E-state index in [1.54, 1.807) is 6.08 Å². The van der Waals surface area contributed by atoms with Gasteiger partial charge in [0.25, 0.3) is 0 Å². The summed E-state index contributed by atoms with van der Waals surface area (Å²) in [5.41, 5.74) is 0.225. The monoisotopic (exact) mass is 434 g/mol. The highest BCUT2D eigenvalue weighted by Gasteiger charge is 2.50. The number of rotatable bonds is 5. The molecule has 31 heavy (non-hydrogen) atoms. The fourth-order valence-electron chi connectivity index (χ4n) is 6.22. The molecule has 2 unspecified atom stereocenters. The summed E-state index contributed by atoms with van der Waals surface area (Å²) in [6.07, 6.45) is 12.5. The second-order valence-electron chi connectivity index (χ2n) is 10.5. The Morgan fingerprint density at radius 3 is 2.65 bits per heavy atom. The molecule has 3 N–H and O–H groups in total. The van der Waals surface area contributed by atoms with E-state index in [0.717, 1.165) is 37.7 Å². The Morgan fingerprint density at radius 2 is 1.94 bits per heavy atom. The number of allylic oxidation sites excluding steroid dienone is 4. The second kappa shape index (κ2) is 9.37. The van der Waals surface area contributed by atoms with E-state index in [1.165, 1.54) is 12.5 Å². The van der Waals surface area contributed by atoms with Gasteiger partial charge in [0, 0.05) is 20.6 Å². The van der Waals surface area contributed by atoms with Crippen LogP contribution in [-0.2, 0) is 0 Å². The fraction of sp³-hybridized carbons (Fsp3) is 0.714. The minimum atomic E-state index is -3.04. The van der Waals surface area contributed by atoms with Crippen LogP contribution in [0.5, 0.6) is 0 Å². The Labute approximate surface area is 198 Å². The molecule has 3 saturated carbocycles. The van der Waals surface area contributed by atoms with Gasteiger partial charge in [-0.2, -0.15) is 0 Å². The Bertz CT molecular complexity index is 933. The minimum Gasteiger partial charge on any atom is -0.393 e. The van der Waals surface area contributed by atoms with E-state index < -0.39 is 37.4 Å². The van der Waals surface area contributed by atoms with Crippen LogP contribution in [0.15, 0.2) is 47.6 Å². The summed E-state index contributed by atoms with van der Waals surface area (Å²) >= 11 is 0. The molecule has 3 nitrogen and oxygen atoms in total. The maximum Gasteiger partial charge on any atom is 0.0811 e. The zero-order valence-electron chi connectivity index (χ0n) is 25.3. The van der Waals surface area contributed by atoms with Crippen LogP contribution in [-0.4, -0.2) is 33.1 Å². The van der Waals surface area contributed by atoms with Gasteiger partial charge in [-0.3, -0.25) is 0 Å². The van der Waals surface area contributed by atoms with E-state index in [4.69, 9.17) is 8.22 Å². The van der Waals surface area contributed by atoms with Crippen LogP contribution in [0.4, 0.5) is 0 Å². The first kappa shape index (κ1) is 17.3. The van der Waals surface area contributed by atoms with Gasteiger partial charge in [0.15, 0.2) is 0 Å². The lowest BCUT2D eigenvalue weighted by atomic mass is 9.61. The average molecular weight is 435 g/mol. The van der Waals surface area contributed by atoms with Gasteiger partial charge in [-0.1, -0.05) is 57.2 Å². The number of aliphatic hydroxyl groups is 3. The van der Waals surface area contributed by atoms with E-state index in [2.05, 4.69) is 26.5 Å². The molecule has 3 rings (SSSR count). The number of hydrogen-bond acceptors (Lipinski definition) is 3. The summed E-state index contributed by atoms with van der Waals surface area (Å²) in [5.74, 6) is -0.220. The molecule has 3 aliphatic carbocycles. The smallest absolute Gasteiger partial charge is 0.0811 e. The molecule has 0 aromatic rings. The van der Waals surface area contributed by atoms with Gasteiger partial charge in [0.1, 0.15) is 0 Å². The van der Waals surface area contributed by atoms with Gasteiger partial charge in [-0.15, -0.1) is 0 Å². The van der Waals surface area contributed by atoms with Crippen LogP contribution in [0.2, 0.25) is 0 Å². The first-order valence-electron chi connectivity index (χ1n) is 14.8. The predicted octanol–water partition coefficient (Wildman–Crippen LogP) is 5.73. The van der Waals surface area contributed by atoms with Gasteiger partial charge >= 0.3 is 0 Å². The van der Waals surface area contributed by atoms with Crippen molar-refractivity contribution in [1.82, 2.24) is 0 Å². The van der Waals surface area contributed by atoms with Crippen LogP contribution < -0.4 is 0 Å². The zero-order chi connectivity index (χ0) is 28.0. The van der Waals surface area contributed by atoms with Crippen molar-refractivity contribution in [2.75, 3.05) is 0 Å². The first-order chi connectivity index (χ1) is 16.9. The van der Waals surface area contributed by atoms with Crippen molar-refractivity contribution in [3.05, 3.63) is 47.6 Å². The summed E-state index contributed by atoms with van der Waals surface area (Å²) in [7, 11) is 0. The SMILES string of the molecule is [2H]C([2H])([2H])C(O)([C@@H](C)/C=C/[C@@H](C)C1CCC2/C(=C/C=C3/C[C@@H](O)C[C@H](O)C3=C)CCC[C@@]21C)C([2H])([2H])[2H]. The Kier molecular flexibility index (Phi) is 5.24. The highest BCUT2D eigenvalue weighted by molar-refractivity contribution is 5.38. The first-order valence-corrected chi connectivity index (χ1v) is 11.8. The summed E-state index contributed by atoms with van der Waals surface area (Å²) in [6, 6.07) is 0. The minimum absolute atomic E-state index is 0.0581. The van der Waals surface area contributed by atoms with Gasteiger partial charge in [0.2, 0.25) is 0 Å². The normalized spacial score (nSPS) is 43.0. The lowest BCUT2D eigenvalue weighted by Gasteiger charge is -2.44. The van der Waals surface area contributed by atoms with E-state index >= 15 is 0 Å². The molecule has 0 spiro atoms. The highest BCUT2D eigenvalue weighted by atomic mass is 16.3. The number of aliphatic hydroxyl groups excluding tert-OH is 2. The third-order valence-electron chi connectivity index (χ3n) is 8.30. The third-order valence-corrected chi connectivity index (χ3v) is 8.30. The molecular weight excluding hydrogens is 384 g/mol. The lowest BCUT2D eigenvalue weighted by molar-refractivity contribution is 0.0436. The van der Waals surface area contributed by atoms with E-state index in [1.807, 2.05) is 12.2 Å². The van der Waals surface area contributed by atoms with Crippen molar-refractivity contribution < 1.29 is 23.5 Å². The summed E-state index contributed by atoms with van der Waals surface area (Å²) in [6.45, 7) is 3.83. The summed E-state index contributed by atoms with van der Waals surface area (Å²) < 4.78 is 46.2. The summed E-state index contributed by atoms with van der Waals surface area (Å²) in [5, 5.41) is 31.0. The van der Waals surface area contributed by atoms with Crippen molar-refractivity contribution in [3.8, 4) is 0 Å². The van der Waals surface area contributed by atoms with Gasteiger partial charge in [-0.25, -0.2) is 0 Å². The molecule has 3 heteroatoms. The van der Waals surface area contributed by atoms with Crippen LogP contribution in [0, 0.1) is 29.1 Å². The van der Waals surface area contributed by atoms with E-state index in [9.17, 15) is 15.3 Å². The number of fused-ring (bicyclic) bond motifs is 1. The third kappa shape index (κ3) is 5.26. The molecule has 0 aromatic heterocycles. The molecule has 0 aliphatic heterocycles. The van der Waals surface area contributed by atoms with Crippen LogP contribution in [0.1, 0.15) is 87.6 Å². The zero-order valence-corrected chi connectivity index (χ0v) is 19.3. The van der Waals surface area contributed by atoms with E-state index in [-0.39, 0.29) is 11.3 Å². The Morgan fingerprint density at radius 1 is 1.19 bits per heavy atom. The summed E-state index contributed by atoms with van der Waals surface area (Å²) in [4.78, 5) is 0.